The molecule has 2 fully saturated rings. The average Bonchev–Trinajstić information content (AvgIpc) is 3.75. The lowest BCUT2D eigenvalue weighted by atomic mass is 9.86. The summed E-state index contributed by atoms with van der Waals surface area (Å²) in [4.78, 5) is 53.0. The third-order valence-corrected chi connectivity index (χ3v) is 7.30. The number of ether oxygens (including phenoxy) is 1. The number of pyridine rings is 1. The molecule has 0 spiro atoms. The van der Waals surface area contributed by atoms with Gasteiger partial charge in [-0.3, -0.25) is 18.7 Å². The molecular weight excluding hydrogens is 553 g/mol. The summed E-state index contributed by atoms with van der Waals surface area (Å²) in [6.07, 6.45) is 1.95. The van der Waals surface area contributed by atoms with Crippen LogP contribution in [0, 0.1) is 19.7 Å². The molecule has 0 aliphatic heterocycles. The van der Waals surface area contributed by atoms with Gasteiger partial charge in [-0.2, -0.15) is 0 Å². The number of fused-ring (bicyclic) bond motifs is 1. The van der Waals surface area contributed by atoms with Crippen LogP contribution in [0.3, 0.4) is 0 Å². The van der Waals surface area contributed by atoms with Crippen LogP contribution in [-0.4, -0.2) is 37.5 Å². The molecule has 2 saturated carbocycles. The highest BCUT2D eigenvalue weighted by atomic mass is 19.1. The number of halogens is 1. The lowest BCUT2D eigenvalue weighted by molar-refractivity contribution is 0.0475. The van der Waals surface area contributed by atoms with Crippen LogP contribution < -0.4 is 27.4 Å². The van der Waals surface area contributed by atoms with Crippen LogP contribution in [0.15, 0.2) is 32.6 Å². The molecule has 0 saturated heterocycles. The van der Waals surface area contributed by atoms with Crippen molar-refractivity contribution in [3.05, 3.63) is 66.3 Å². The first-order valence-electron chi connectivity index (χ1n) is 15.2. The molecule has 0 radical (unpaired) electrons. The Bertz CT molecular complexity index is 1670. The van der Waals surface area contributed by atoms with Crippen LogP contribution >= 0.6 is 0 Å². The van der Waals surface area contributed by atoms with Crippen molar-refractivity contribution in [1.82, 2.24) is 19.0 Å². The van der Waals surface area contributed by atoms with Crippen molar-refractivity contribution in [2.24, 2.45) is 7.05 Å². The second-order valence-electron chi connectivity index (χ2n) is 11.7. The molecule has 0 unspecified atom stereocenters. The Hall–Kier alpha value is -3.89. The number of aryl methyl sites for hydroxylation is 2. The molecule has 0 bridgehead atoms. The van der Waals surface area contributed by atoms with Crippen LogP contribution in [0.2, 0.25) is 0 Å². The number of hydrogen-bond acceptors (Lipinski definition) is 6. The van der Waals surface area contributed by atoms with Gasteiger partial charge in [0.2, 0.25) is 0 Å². The van der Waals surface area contributed by atoms with Gasteiger partial charge in [0, 0.05) is 30.7 Å². The van der Waals surface area contributed by atoms with Crippen molar-refractivity contribution in [2.45, 2.75) is 112 Å². The second kappa shape index (κ2) is 13.2. The minimum Gasteiger partial charge on any atom is -0.444 e. The maximum Gasteiger partial charge on any atom is 0.407 e. The molecule has 3 aromatic rings. The predicted octanol–water partition coefficient (Wildman–Crippen LogP) is 5.46. The number of rotatable bonds is 5. The standard InChI is InChI=1S/C28H34FN5O5.2C2H6/c1-14-7-10-20(19(29)11-14)34-23-21(25(36)33(27(34)38)18-8-9-18)22(15(2)24(35)32(23)6)30-16-12-17(13-16)31-26(37)39-28(3,4)5;2*1-2/h7,10-11,16-18,30H,8-9,12-13H2,1-6H3,(H,31,37);2*1-2H3. The molecule has 2 aliphatic carbocycles. The van der Waals surface area contributed by atoms with E-state index in [1.165, 1.54) is 28.3 Å². The summed E-state index contributed by atoms with van der Waals surface area (Å²) in [5.74, 6) is -0.628. The van der Waals surface area contributed by atoms with Gasteiger partial charge in [0.05, 0.1) is 11.4 Å². The predicted molar refractivity (Wildman–Crippen MR) is 169 cm³/mol. The third kappa shape index (κ3) is 6.86. The zero-order valence-corrected chi connectivity index (χ0v) is 27.1. The van der Waals surface area contributed by atoms with E-state index in [0.717, 1.165) is 4.57 Å². The van der Waals surface area contributed by atoms with Crippen molar-refractivity contribution >= 4 is 22.8 Å². The molecule has 11 heteroatoms. The number of hydrogen-bond donors (Lipinski definition) is 2. The number of amides is 1. The summed E-state index contributed by atoms with van der Waals surface area (Å²) in [6.45, 7) is 16.7. The Kier molecular flexibility index (Phi) is 10.3. The van der Waals surface area contributed by atoms with Gasteiger partial charge in [0.15, 0.2) is 0 Å². The first-order valence-corrected chi connectivity index (χ1v) is 15.2. The SMILES string of the molecule is CC.CC.Cc1ccc(-n2c(=O)n(C3CC3)c(=O)c3c(NC4CC(NC(=O)OC(C)(C)C)C4)c(C)c(=O)n(C)c32)c(F)c1. The van der Waals surface area contributed by atoms with Gasteiger partial charge in [0.25, 0.3) is 11.1 Å². The van der Waals surface area contributed by atoms with Gasteiger partial charge in [-0.15, -0.1) is 0 Å². The zero-order valence-electron chi connectivity index (χ0n) is 27.1. The normalized spacial score (nSPS) is 17.6. The molecule has 2 heterocycles. The van der Waals surface area contributed by atoms with Crippen molar-refractivity contribution in [2.75, 3.05) is 5.32 Å². The zero-order chi connectivity index (χ0) is 32.4. The number of nitrogens with one attached hydrogen (secondary N) is 2. The number of carbonyl (C=O) groups excluding carboxylic acids is 1. The number of alkyl carbamates (subject to hydrolysis) is 1. The lowest BCUT2D eigenvalue weighted by Crippen LogP contribution is -2.51. The van der Waals surface area contributed by atoms with E-state index in [1.807, 2.05) is 27.7 Å². The van der Waals surface area contributed by atoms with E-state index in [0.29, 0.717) is 42.5 Å². The van der Waals surface area contributed by atoms with E-state index in [9.17, 15) is 19.2 Å². The van der Waals surface area contributed by atoms with Gasteiger partial charge < -0.3 is 15.4 Å². The second-order valence-corrected chi connectivity index (χ2v) is 11.7. The van der Waals surface area contributed by atoms with Crippen LogP contribution in [0.5, 0.6) is 0 Å². The molecule has 236 valence electrons. The highest BCUT2D eigenvalue weighted by Crippen LogP contribution is 2.34. The van der Waals surface area contributed by atoms with Gasteiger partial charge in [0.1, 0.15) is 22.5 Å². The number of carbonyl (C=O) groups is 1. The first-order chi connectivity index (χ1) is 20.3. The Morgan fingerprint density at radius 3 is 2.12 bits per heavy atom. The monoisotopic (exact) mass is 599 g/mol. The Labute approximate surface area is 251 Å². The first kappa shape index (κ1) is 33.6. The van der Waals surface area contributed by atoms with E-state index >= 15 is 4.39 Å². The van der Waals surface area contributed by atoms with E-state index in [1.54, 1.807) is 40.7 Å². The van der Waals surface area contributed by atoms with Crippen LogP contribution in [0.1, 0.15) is 91.3 Å². The highest BCUT2D eigenvalue weighted by molar-refractivity contribution is 5.91. The molecule has 2 aliphatic rings. The van der Waals surface area contributed by atoms with Crippen LogP contribution in [0.25, 0.3) is 16.7 Å². The Morgan fingerprint density at radius 2 is 1.58 bits per heavy atom. The molecule has 5 rings (SSSR count). The van der Waals surface area contributed by atoms with Gasteiger partial charge in [-0.05, 0) is 78.0 Å². The van der Waals surface area contributed by atoms with E-state index in [4.69, 9.17) is 4.74 Å². The minimum atomic E-state index is -0.673. The van der Waals surface area contributed by atoms with Gasteiger partial charge in [-0.25, -0.2) is 18.5 Å². The molecule has 0 atom stereocenters. The lowest BCUT2D eigenvalue weighted by Gasteiger charge is -2.37. The average molecular weight is 600 g/mol. The fourth-order valence-electron chi connectivity index (χ4n) is 5.17. The fraction of sp³-hybridized carbons (Fsp3) is 0.562. The number of benzene rings is 1. The molecular formula is C32H46FN5O5. The maximum atomic E-state index is 15.2. The van der Waals surface area contributed by atoms with Crippen molar-refractivity contribution in [3.8, 4) is 5.69 Å². The number of nitrogens with zero attached hydrogens (tertiary/aromatic N) is 3. The summed E-state index contributed by atoms with van der Waals surface area (Å²) in [5.41, 5.74) is -0.867. The molecule has 1 amide bonds. The molecule has 43 heavy (non-hydrogen) atoms. The molecule has 2 aromatic heterocycles. The minimum absolute atomic E-state index is 0.0277. The summed E-state index contributed by atoms with van der Waals surface area (Å²) < 4.78 is 24.1. The summed E-state index contributed by atoms with van der Waals surface area (Å²) in [6, 6.07) is 3.95. The molecule has 1 aromatic carbocycles. The largest absolute Gasteiger partial charge is 0.444 e. The number of aromatic nitrogens is 3. The van der Waals surface area contributed by atoms with Crippen molar-refractivity contribution < 1.29 is 13.9 Å². The Morgan fingerprint density at radius 1 is 0.977 bits per heavy atom. The van der Waals surface area contributed by atoms with E-state index in [2.05, 4.69) is 10.6 Å². The summed E-state index contributed by atoms with van der Waals surface area (Å²) in [7, 11) is 1.48. The van der Waals surface area contributed by atoms with Crippen LogP contribution in [0.4, 0.5) is 14.9 Å². The summed E-state index contributed by atoms with van der Waals surface area (Å²) >= 11 is 0. The number of anilines is 1. The summed E-state index contributed by atoms with van der Waals surface area (Å²) in [5, 5.41) is 6.32. The fourth-order valence-corrected chi connectivity index (χ4v) is 5.17. The van der Waals surface area contributed by atoms with E-state index in [-0.39, 0.29) is 34.8 Å². The van der Waals surface area contributed by atoms with Crippen molar-refractivity contribution in [3.63, 3.8) is 0 Å². The topological polar surface area (TPSA) is 116 Å². The van der Waals surface area contributed by atoms with Crippen molar-refractivity contribution in [1.29, 1.82) is 0 Å². The van der Waals surface area contributed by atoms with E-state index < -0.39 is 34.3 Å². The maximum absolute atomic E-state index is 15.2. The van der Waals surface area contributed by atoms with Crippen LogP contribution in [-0.2, 0) is 11.8 Å². The third-order valence-electron chi connectivity index (χ3n) is 7.30. The smallest absolute Gasteiger partial charge is 0.407 e. The Balaban J connectivity index is 0.00000121. The quantitative estimate of drug-likeness (QED) is 0.402. The van der Waals surface area contributed by atoms with Gasteiger partial charge >= 0.3 is 11.8 Å². The highest BCUT2D eigenvalue weighted by Gasteiger charge is 2.35. The molecule has 2 N–H and O–H groups in total. The van der Waals surface area contributed by atoms with Gasteiger partial charge in [-0.1, -0.05) is 33.8 Å². The molecule has 10 nitrogen and oxygen atoms in total.